The minimum absolute atomic E-state index is 0.0695. The van der Waals surface area contributed by atoms with Crippen molar-refractivity contribution in [3.63, 3.8) is 0 Å². The van der Waals surface area contributed by atoms with Gasteiger partial charge < -0.3 is 9.80 Å². The van der Waals surface area contributed by atoms with Crippen LogP contribution in [0, 0.1) is 5.41 Å². The molecule has 6 heteroatoms. The van der Waals surface area contributed by atoms with E-state index in [0.29, 0.717) is 25.2 Å². The number of hydrogen-bond donors (Lipinski definition) is 0. The Labute approximate surface area is 146 Å². The van der Waals surface area contributed by atoms with Gasteiger partial charge in [0.1, 0.15) is 0 Å². The molecule has 128 valence electrons. The highest BCUT2D eigenvalue weighted by molar-refractivity contribution is 6.01. The van der Waals surface area contributed by atoms with Gasteiger partial charge in [0.2, 0.25) is 5.91 Å². The number of amides is 2. The number of para-hydroxylation sites is 1. The second-order valence-electron chi connectivity index (χ2n) is 6.78. The Morgan fingerprint density at radius 1 is 1.04 bits per heavy atom. The Morgan fingerprint density at radius 2 is 1.88 bits per heavy atom. The number of likely N-dealkylation sites (tertiary alicyclic amines) is 1. The van der Waals surface area contributed by atoms with Gasteiger partial charge in [-0.05, 0) is 37.5 Å². The van der Waals surface area contributed by atoms with Crippen LogP contribution < -0.4 is 4.90 Å². The predicted molar refractivity (Wildman–Crippen MR) is 93.0 cm³/mol. The van der Waals surface area contributed by atoms with E-state index in [9.17, 15) is 9.59 Å². The van der Waals surface area contributed by atoms with Crippen LogP contribution >= 0.6 is 0 Å². The number of piperidine rings is 1. The second kappa shape index (κ2) is 6.27. The van der Waals surface area contributed by atoms with Gasteiger partial charge in [-0.2, -0.15) is 10.2 Å². The molecule has 2 saturated heterocycles. The van der Waals surface area contributed by atoms with Crippen molar-refractivity contribution in [3.8, 4) is 0 Å². The van der Waals surface area contributed by atoms with Gasteiger partial charge in [-0.3, -0.25) is 9.59 Å². The monoisotopic (exact) mass is 336 g/mol. The minimum Gasteiger partial charge on any atom is -0.338 e. The number of aromatic nitrogens is 2. The lowest BCUT2D eigenvalue weighted by molar-refractivity contribution is -0.127. The summed E-state index contributed by atoms with van der Waals surface area (Å²) in [4.78, 5) is 29.5. The fourth-order valence-electron chi connectivity index (χ4n) is 3.96. The normalized spacial score (nSPS) is 23.3. The average Bonchev–Trinajstić information content (AvgIpc) is 2.98. The Morgan fingerprint density at radius 3 is 2.64 bits per heavy atom. The Balaban J connectivity index is 1.55. The third-order valence-corrected chi connectivity index (χ3v) is 5.28. The van der Waals surface area contributed by atoms with Crippen LogP contribution in [0.15, 0.2) is 48.8 Å². The Bertz CT molecular complexity index is 781. The zero-order valence-electron chi connectivity index (χ0n) is 14.0. The zero-order valence-corrected chi connectivity index (χ0v) is 14.0. The number of nitrogens with zero attached hydrogens (tertiary/aromatic N) is 4. The van der Waals surface area contributed by atoms with E-state index in [-0.39, 0.29) is 11.8 Å². The molecule has 1 aromatic heterocycles. The van der Waals surface area contributed by atoms with E-state index < -0.39 is 5.41 Å². The first-order chi connectivity index (χ1) is 12.2. The van der Waals surface area contributed by atoms with Gasteiger partial charge in [-0.1, -0.05) is 18.2 Å². The molecule has 3 heterocycles. The van der Waals surface area contributed by atoms with Crippen molar-refractivity contribution in [2.75, 3.05) is 24.5 Å². The molecular formula is C19H20N4O2. The lowest BCUT2D eigenvalue weighted by atomic mass is 9.78. The van der Waals surface area contributed by atoms with Gasteiger partial charge in [-0.15, -0.1) is 0 Å². The van der Waals surface area contributed by atoms with Gasteiger partial charge in [-0.25, -0.2) is 0 Å². The summed E-state index contributed by atoms with van der Waals surface area (Å²) < 4.78 is 0. The molecule has 6 nitrogen and oxygen atoms in total. The summed E-state index contributed by atoms with van der Waals surface area (Å²) in [6.07, 6.45) is 5.48. The first-order valence-corrected chi connectivity index (χ1v) is 8.63. The topological polar surface area (TPSA) is 66.4 Å². The van der Waals surface area contributed by atoms with Crippen molar-refractivity contribution >= 4 is 17.5 Å². The highest BCUT2D eigenvalue weighted by Gasteiger charge is 2.50. The van der Waals surface area contributed by atoms with E-state index in [1.54, 1.807) is 11.0 Å². The predicted octanol–water partition coefficient (Wildman–Crippen LogP) is 2.14. The highest BCUT2D eigenvalue weighted by Crippen LogP contribution is 2.42. The molecule has 0 radical (unpaired) electrons. The molecule has 2 aliphatic rings. The first kappa shape index (κ1) is 15.7. The van der Waals surface area contributed by atoms with Crippen LogP contribution in [0.1, 0.15) is 29.6 Å². The van der Waals surface area contributed by atoms with Crippen LogP contribution in [0.25, 0.3) is 0 Å². The number of carbonyl (C=O) groups is 2. The van der Waals surface area contributed by atoms with Crippen LogP contribution in [-0.4, -0.2) is 46.5 Å². The molecule has 1 spiro atoms. The number of anilines is 1. The minimum atomic E-state index is -0.454. The molecule has 0 bridgehead atoms. The van der Waals surface area contributed by atoms with Crippen molar-refractivity contribution in [2.24, 2.45) is 5.41 Å². The fraction of sp³-hybridized carbons (Fsp3) is 0.368. The number of carbonyl (C=O) groups excluding carboxylic acids is 2. The van der Waals surface area contributed by atoms with Gasteiger partial charge in [0, 0.05) is 25.3 Å². The third-order valence-electron chi connectivity index (χ3n) is 5.28. The molecule has 4 rings (SSSR count). The van der Waals surface area contributed by atoms with E-state index in [0.717, 1.165) is 24.9 Å². The van der Waals surface area contributed by atoms with Gasteiger partial charge in [0.25, 0.3) is 5.91 Å². The largest absolute Gasteiger partial charge is 0.338 e. The van der Waals surface area contributed by atoms with Crippen molar-refractivity contribution < 1.29 is 9.59 Å². The smallest absolute Gasteiger partial charge is 0.255 e. The van der Waals surface area contributed by atoms with E-state index >= 15 is 0 Å². The molecule has 2 aromatic rings. The van der Waals surface area contributed by atoms with Crippen LogP contribution in [0.4, 0.5) is 5.69 Å². The van der Waals surface area contributed by atoms with E-state index in [1.165, 1.54) is 12.4 Å². The maximum absolute atomic E-state index is 13.2. The molecule has 2 fully saturated rings. The number of benzene rings is 1. The maximum Gasteiger partial charge on any atom is 0.255 e. The summed E-state index contributed by atoms with van der Waals surface area (Å²) in [5.74, 6) is 0.0731. The summed E-state index contributed by atoms with van der Waals surface area (Å²) in [7, 11) is 0. The number of rotatable bonds is 2. The highest BCUT2D eigenvalue weighted by atomic mass is 16.2. The summed E-state index contributed by atoms with van der Waals surface area (Å²) in [6, 6.07) is 11.4. The first-order valence-electron chi connectivity index (χ1n) is 8.63. The van der Waals surface area contributed by atoms with Gasteiger partial charge in [0.15, 0.2) is 0 Å². The van der Waals surface area contributed by atoms with Crippen LogP contribution in [0.2, 0.25) is 0 Å². The van der Waals surface area contributed by atoms with Gasteiger partial charge in [0.05, 0.1) is 23.4 Å². The molecule has 2 aliphatic heterocycles. The van der Waals surface area contributed by atoms with E-state index in [4.69, 9.17) is 0 Å². The molecule has 0 saturated carbocycles. The average molecular weight is 336 g/mol. The summed E-state index contributed by atoms with van der Waals surface area (Å²) in [5.41, 5.74) is 1.01. The van der Waals surface area contributed by atoms with E-state index in [1.807, 2.05) is 35.2 Å². The second-order valence-corrected chi connectivity index (χ2v) is 6.78. The molecule has 0 aliphatic carbocycles. The Kier molecular flexibility index (Phi) is 3.95. The van der Waals surface area contributed by atoms with Gasteiger partial charge >= 0.3 is 0 Å². The summed E-state index contributed by atoms with van der Waals surface area (Å²) in [6.45, 7) is 1.87. The van der Waals surface area contributed by atoms with Crippen molar-refractivity contribution in [1.82, 2.24) is 15.1 Å². The molecular weight excluding hydrogens is 316 g/mol. The van der Waals surface area contributed by atoms with Crippen LogP contribution in [-0.2, 0) is 4.79 Å². The van der Waals surface area contributed by atoms with Crippen molar-refractivity contribution in [3.05, 3.63) is 54.4 Å². The zero-order chi connectivity index (χ0) is 17.3. The SMILES string of the molecule is O=C(c1ccnnc1)N1CCCC2(CCN(c3ccccc3)C2=O)C1. The lowest BCUT2D eigenvalue weighted by Crippen LogP contribution is -2.50. The lowest BCUT2D eigenvalue weighted by Gasteiger charge is -2.39. The third kappa shape index (κ3) is 2.77. The molecule has 1 aromatic carbocycles. The number of hydrogen-bond acceptors (Lipinski definition) is 4. The fourth-order valence-corrected chi connectivity index (χ4v) is 3.96. The summed E-state index contributed by atoms with van der Waals surface area (Å²) >= 11 is 0. The summed E-state index contributed by atoms with van der Waals surface area (Å²) in [5, 5.41) is 7.50. The molecule has 0 N–H and O–H groups in total. The van der Waals surface area contributed by atoms with Crippen molar-refractivity contribution in [1.29, 1.82) is 0 Å². The van der Waals surface area contributed by atoms with E-state index in [2.05, 4.69) is 10.2 Å². The van der Waals surface area contributed by atoms with Crippen molar-refractivity contribution in [2.45, 2.75) is 19.3 Å². The molecule has 25 heavy (non-hydrogen) atoms. The maximum atomic E-state index is 13.2. The van der Waals surface area contributed by atoms with Crippen LogP contribution in [0.3, 0.4) is 0 Å². The quantitative estimate of drug-likeness (QED) is 0.843. The Hall–Kier alpha value is -2.76. The standard InChI is InChI=1S/C19H20N4O2/c24-17(15-7-10-20-21-13-15)22-11-4-8-19(14-22)9-12-23(18(19)25)16-5-2-1-3-6-16/h1-3,5-7,10,13H,4,8-9,11-12,14H2. The van der Waals surface area contributed by atoms with Crippen LogP contribution in [0.5, 0.6) is 0 Å². The molecule has 1 atom stereocenters. The molecule has 2 amide bonds. The molecule has 1 unspecified atom stereocenters.